The van der Waals surface area contributed by atoms with E-state index in [0.717, 1.165) is 13.1 Å². The molecule has 1 aliphatic rings. The lowest BCUT2D eigenvalue weighted by atomic mass is 9.88. The van der Waals surface area contributed by atoms with Crippen molar-refractivity contribution in [3.63, 3.8) is 0 Å². The summed E-state index contributed by atoms with van der Waals surface area (Å²) >= 11 is 0. The molecule has 2 N–H and O–H groups in total. The molecule has 0 radical (unpaired) electrons. The lowest BCUT2D eigenvalue weighted by Gasteiger charge is -2.17. The average molecular weight is 219 g/mol. The van der Waals surface area contributed by atoms with Crippen LogP contribution in [0.25, 0.3) is 0 Å². The van der Waals surface area contributed by atoms with E-state index in [1.54, 1.807) is 0 Å². The number of nitrogens with one attached hydrogen (secondary N) is 1. The molecule has 0 aliphatic carbocycles. The quantitative estimate of drug-likeness (QED) is 0.816. The van der Waals surface area contributed by atoms with Crippen LogP contribution < -0.4 is 5.32 Å². The SMILES string of the molecule is CC(C)c1ccc([C@@H]2CNC[C@@H]2CO)cc1. The maximum Gasteiger partial charge on any atom is 0.0477 e. The average Bonchev–Trinajstić information content (AvgIpc) is 2.77. The Morgan fingerprint density at radius 1 is 1.25 bits per heavy atom. The summed E-state index contributed by atoms with van der Waals surface area (Å²) in [4.78, 5) is 0. The Kier molecular flexibility index (Phi) is 3.62. The van der Waals surface area contributed by atoms with Gasteiger partial charge in [0, 0.05) is 31.5 Å². The molecule has 0 amide bonds. The molecular formula is C14H21NO. The largest absolute Gasteiger partial charge is 0.396 e. The van der Waals surface area contributed by atoms with Gasteiger partial charge in [-0.25, -0.2) is 0 Å². The van der Waals surface area contributed by atoms with Gasteiger partial charge >= 0.3 is 0 Å². The van der Waals surface area contributed by atoms with Gasteiger partial charge in [0.2, 0.25) is 0 Å². The van der Waals surface area contributed by atoms with E-state index in [4.69, 9.17) is 0 Å². The van der Waals surface area contributed by atoms with Crippen molar-refractivity contribution in [1.82, 2.24) is 5.32 Å². The van der Waals surface area contributed by atoms with Crippen molar-refractivity contribution >= 4 is 0 Å². The van der Waals surface area contributed by atoms with Gasteiger partial charge in [-0.2, -0.15) is 0 Å². The molecule has 1 saturated heterocycles. The molecule has 1 heterocycles. The Hall–Kier alpha value is -0.860. The highest BCUT2D eigenvalue weighted by atomic mass is 16.3. The Balaban J connectivity index is 2.15. The van der Waals surface area contributed by atoms with Crippen LogP contribution in [0.5, 0.6) is 0 Å². The van der Waals surface area contributed by atoms with Gasteiger partial charge in [0.1, 0.15) is 0 Å². The minimum absolute atomic E-state index is 0.281. The summed E-state index contributed by atoms with van der Waals surface area (Å²) in [5, 5.41) is 12.6. The number of aliphatic hydroxyl groups is 1. The second-order valence-electron chi connectivity index (χ2n) is 5.03. The van der Waals surface area contributed by atoms with E-state index >= 15 is 0 Å². The maximum atomic E-state index is 9.30. The summed E-state index contributed by atoms with van der Waals surface area (Å²) < 4.78 is 0. The first kappa shape index (κ1) is 11.6. The van der Waals surface area contributed by atoms with E-state index in [9.17, 15) is 5.11 Å². The van der Waals surface area contributed by atoms with Gasteiger partial charge < -0.3 is 10.4 Å². The molecule has 0 bridgehead atoms. The number of hydrogen-bond acceptors (Lipinski definition) is 2. The third kappa shape index (κ3) is 2.28. The van der Waals surface area contributed by atoms with Crippen LogP contribution in [0.15, 0.2) is 24.3 Å². The van der Waals surface area contributed by atoms with Crippen LogP contribution in [0.1, 0.15) is 36.8 Å². The van der Waals surface area contributed by atoms with Gasteiger partial charge in [0.25, 0.3) is 0 Å². The zero-order chi connectivity index (χ0) is 11.5. The van der Waals surface area contributed by atoms with Crippen molar-refractivity contribution < 1.29 is 5.11 Å². The summed E-state index contributed by atoms with van der Waals surface area (Å²) in [6.07, 6.45) is 0. The van der Waals surface area contributed by atoms with Gasteiger partial charge in [0.15, 0.2) is 0 Å². The summed E-state index contributed by atoms with van der Waals surface area (Å²) in [6.45, 7) is 6.63. The molecular weight excluding hydrogens is 198 g/mol. The summed E-state index contributed by atoms with van der Waals surface area (Å²) in [5.41, 5.74) is 2.74. The van der Waals surface area contributed by atoms with Crippen LogP contribution in [0.4, 0.5) is 0 Å². The zero-order valence-corrected chi connectivity index (χ0v) is 10.1. The second kappa shape index (κ2) is 4.98. The van der Waals surface area contributed by atoms with Crippen LogP contribution in [0.2, 0.25) is 0 Å². The first-order chi connectivity index (χ1) is 7.72. The summed E-state index contributed by atoms with van der Waals surface area (Å²) in [6, 6.07) is 8.87. The fraction of sp³-hybridized carbons (Fsp3) is 0.571. The van der Waals surface area contributed by atoms with Gasteiger partial charge in [-0.05, 0) is 17.0 Å². The molecule has 2 nitrogen and oxygen atoms in total. The van der Waals surface area contributed by atoms with Crippen LogP contribution in [0, 0.1) is 5.92 Å². The van der Waals surface area contributed by atoms with Crippen LogP contribution >= 0.6 is 0 Å². The van der Waals surface area contributed by atoms with Crippen LogP contribution in [0.3, 0.4) is 0 Å². The van der Waals surface area contributed by atoms with Crippen LogP contribution in [-0.4, -0.2) is 24.8 Å². The highest BCUT2D eigenvalue weighted by molar-refractivity contribution is 5.28. The molecule has 0 spiro atoms. The number of aliphatic hydroxyl groups excluding tert-OH is 1. The highest BCUT2D eigenvalue weighted by Crippen LogP contribution is 2.28. The maximum absolute atomic E-state index is 9.30. The van der Waals surface area contributed by atoms with E-state index < -0.39 is 0 Å². The monoisotopic (exact) mass is 219 g/mol. The topological polar surface area (TPSA) is 32.3 Å². The predicted octanol–water partition coefficient (Wildman–Crippen LogP) is 2.11. The van der Waals surface area contributed by atoms with E-state index in [1.165, 1.54) is 11.1 Å². The minimum Gasteiger partial charge on any atom is -0.396 e. The normalized spacial score (nSPS) is 25.2. The molecule has 1 aliphatic heterocycles. The van der Waals surface area contributed by atoms with Gasteiger partial charge in [-0.1, -0.05) is 38.1 Å². The molecule has 1 aromatic rings. The first-order valence-corrected chi connectivity index (χ1v) is 6.13. The van der Waals surface area contributed by atoms with E-state index in [-0.39, 0.29) is 6.61 Å². The molecule has 88 valence electrons. The van der Waals surface area contributed by atoms with Crippen molar-refractivity contribution in [2.75, 3.05) is 19.7 Å². The summed E-state index contributed by atoms with van der Waals surface area (Å²) in [7, 11) is 0. The Labute approximate surface area is 97.7 Å². The Morgan fingerprint density at radius 2 is 1.94 bits per heavy atom. The molecule has 0 unspecified atom stereocenters. The van der Waals surface area contributed by atoms with Crippen molar-refractivity contribution in [3.8, 4) is 0 Å². The third-order valence-electron chi connectivity index (χ3n) is 3.61. The minimum atomic E-state index is 0.281. The lowest BCUT2D eigenvalue weighted by Crippen LogP contribution is -2.14. The molecule has 2 heteroatoms. The van der Waals surface area contributed by atoms with Crippen molar-refractivity contribution in [2.45, 2.75) is 25.7 Å². The highest BCUT2D eigenvalue weighted by Gasteiger charge is 2.27. The second-order valence-corrected chi connectivity index (χ2v) is 5.03. The fourth-order valence-corrected chi connectivity index (χ4v) is 2.44. The van der Waals surface area contributed by atoms with Gasteiger partial charge in [-0.3, -0.25) is 0 Å². The standard InChI is InChI=1S/C14H21NO/c1-10(2)11-3-5-12(6-4-11)14-8-15-7-13(14)9-16/h3-6,10,13-16H,7-9H2,1-2H3/t13-,14+/m1/s1. The van der Waals surface area contributed by atoms with Gasteiger partial charge in [0.05, 0.1) is 0 Å². The fourth-order valence-electron chi connectivity index (χ4n) is 2.44. The van der Waals surface area contributed by atoms with Crippen molar-refractivity contribution in [1.29, 1.82) is 0 Å². The molecule has 0 saturated carbocycles. The Bertz CT molecular complexity index is 331. The van der Waals surface area contributed by atoms with Gasteiger partial charge in [-0.15, -0.1) is 0 Å². The Morgan fingerprint density at radius 3 is 2.50 bits per heavy atom. The van der Waals surface area contributed by atoms with E-state index in [2.05, 4.69) is 43.4 Å². The third-order valence-corrected chi connectivity index (χ3v) is 3.61. The van der Waals surface area contributed by atoms with E-state index in [1.807, 2.05) is 0 Å². The van der Waals surface area contributed by atoms with Crippen LogP contribution in [-0.2, 0) is 0 Å². The summed E-state index contributed by atoms with van der Waals surface area (Å²) in [5.74, 6) is 1.44. The number of hydrogen-bond donors (Lipinski definition) is 2. The lowest BCUT2D eigenvalue weighted by molar-refractivity contribution is 0.226. The predicted molar refractivity (Wildman–Crippen MR) is 66.7 cm³/mol. The van der Waals surface area contributed by atoms with Crippen molar-refractivity contribution in [2.24, 2.45) is 5.92 Å². The number of rotatable bonds is 3. The number of benzene rings is 1. The molecule has 2 rings (SSSR count). The van der Waals surface area contributed by atoms with Crippen molar-refractivity contribution in [3.05, 3.63) is 35.4 Å². The first-order valence-electron chi connectivity index (χ1n) is 6.13. The molecule has 1 aromatic carbocycles. The molecule has 16 heavy (non-hydrogen) atoms. The molecule has 0 aromatic heterocycles. The molecule has 1 fully saturated rings. The zero-order valence-electron chi connectivity index (χ0n) is 10.1. The smallest absolute Gasteiger partial charge is 0.0477 e. The van der Waals surface area contributed by atoms with E-state index in [0.29, 0.717) is 17.8 Å². The molecule has 2 atom stereocenters.